The molecule has 0 heterocycles. The van der Waals surface area contributed by atoms with Gasteiger partial charge in [0.2, 0.25) is 0 Å². The largest absolute Gasteiger partial charge is 0.122 e. The van der Waals surface area contributed by atoms with E-state index in [-0.39, 0.29) is 0 Å². The number of benzene rings is 2. The lowest BCUT2D eigenvalue weighted by Crippen LogP contribution is -2.44. The van der Waals surface area contributed by atoms with E-state index in [2.05, 4.69) is 88.4 Å². The van der Waals surface area contributed by atoms with Gasteiger partial charge in [0.1, 0.15) is 0 Å². The van der Waals surface area contributed by atoms with Gasteiger partial charge in [-0.15, -0.1) is 17.2 Å². The van der Waals surface area contributed by atoms with Crippen molar-refractivity contribution in [1.29, 1.82) is 0 Å². The van der Waals surface area contributed by atoms with Crippen molar-refractivity contribution in [2.24, 2.45) is 23.7 Å². The normalized spacial score (nSPS) is 28.8. The van der Waals surface area contributed by atoms with E-state index in [0.29, 0.717) is 11.8 Å². The minimum Gasteiger partial charge on any atom is -0.122 e. The van der Waals surface area contributed by atoms with E-state index in [4.69, 9.17) is 0 Å². The summed E-state index contributed by atoms with van der Waals surface area (Å²) in [6, 6.07) is 23.2. The highest BCUT2D eigenvalue weighted by atomic mass is 31.1. The fraction of sp³-hybridized carbons (Fsp3) is 0.600. The molecule has 0 nitrogen and oxygen atoms in total. The van der Waals surface area contributed by atoms with Gasteiger partial charge in [0.15, 0.2) is 0 Å². The first kappa shape index (κ1) is 25.9. The molecule has 176 valence electrons. The molecule has 32 heavy (non-hydrogen) atoms. The highest BCUT2D eigenvalue weighted by molar-refractivity contribution is 7.38. The Morgan fingerprint density at radius 3 is 1.31 bits per heavy atom. The molecule has 0 amide bonds. The van der Waals surface area contributed by atoms with Gasteiger partial charge in [-0.05, 0) is 84.1 Å². The molecule has 0 aliphatic heterocycles. The monoisotopic (exact) mass is 468 g/mol. The van der Waals surface area contributed by atoms with E-state index in [1.807, 2.05) is 0 Å². The summed E-state index contributed by atoms with van der Waals surface area (Å²) in [5, 5.41) is 0. The lowest BCUT2D eigenvalue weighted by atomic mass is 9.55. The summed E-state index contributed by atoms with van der Waals surface area (Å²) in [7, 11) is 2.25. The van der Waals surface area contributed by atoms with Gasteiger partial charge in [-0.2, -0.15) is 0 Å². The fourth-order valence-electron chi connectivity index (χ4n) is 6.12. The van der Waals surface area contributed by atoms with Gasteiger partial charge < -0.3 is 0 Å². The standard InChI is InChI=1S/C30H46P2/c1-5-7-19-31-21-27-28(22-32-20-8-6-2)30(26-17-13-10-14-18-26)24(4)23(3)29(27)25-15-11-9-12-16-25/h9-18,23-24,27-32H,5-8,19-22H2,1-4H3/t23?,24?,27-,28+,29?,30?. The van der Waals surface area contributed by atoms with Gasteiger partial charge >= 0.3 is 0 Å². The van der Waals surface area contributed by atoms with E-state index in [9.17, 15) is 0 Å². The van der Waals surface area contributed by atoms with Crippen LogP contribution in [-0.2, 0) is 0 Å². The summed E-state index contributed by atoms with van der Waals surface area (Å²) in [4.78, 5) is 0. The maximum atomic E-state index is 2.57. The van der Waals surface area contributed by atoms with Crippen LogP contribution < -0.4 is 0 Å². The van der Waals surface area contributed by atoms with Crippen LogP contribution >= 0.6 is 17.2 Å². The second kappa shape index (κ2) is 13.9. The highest BCUT2D eigenvalue weighted by Crippen LogP contribution is 2.56. The maximum absolute atomic E-state index is 2.57. The Morgan fingerprint density at radius 1 is 0.594 bits per heavy atom. The van der Waals surface area contributed by atoms with Crippen molar-refractivity contribution in [2.75, 3.05) is 24.6 Å². The van der Waals surface area contributed by atoms with Gasteiger partial charge in [0, 0.05) is 0 Å². The molecule has 0 bridgehead atoms. The first-order chi connectivity index (χ1) is 15.7. The number of rotatable bonds is 12. The Hall–Kier alpha value is -0.700. The maximum Gasteiger partial charge on any atom is -0.00989 e. The topological polar surface area (TPSA) is 0 Å². The van der Waals surface area contributed by atoms with E-state index in [1.165, 1.54) is 50.3 Å². The molecule has 1 aliphatic carbocycles. The van der Waals surface area contributed by atoms with Crippen molar-refractivity contribution in [3.8, 4) is 0 Å². The summed E-state index contributed by atoms with van der Waals surface area (Å²) in [6.45, 7) is 9.81. The fourth-order valence-corrected chi connectivity index (χ4v) is 9.51. The molecular formula is C30H46P2. The molecule has 2 heteroatoms. The van der Waals surface area contributed by atoms with Crippen LogP contribution in [0.2, 0.25) is 0 Å². The molecular weight excluding hydrogens is 422 g/mol. The van der Waals surface area contributed by atoms with Crippen molar-refractivity contribution in [3.63, 3.8) is 0 Å². The molecule has 2 aromatic rings. The average Bonchev–Trinajstić information content (AvgIpc) is 2.83. The lowest BCUT2D eigenvalue weighted by Gasteiger charge is -2.51. The molecule has 1 saturated carbocycles. The smallest absolute Gasteiger partial charge is 0.00989 e. The van der Waals surface area contributed by atoms with Crippen LogP contribution in [0.1, 0.15) is 76.3 Å². The van der Waals surface area contributed by atoms with Crippen molar-refractivity contribution in [2.45, 2.75) is 65.2 Å². The number of unbranched alkanes of at least 4 members (excludes halogenated alkanes) is 2. The minimum atomic E-state index is 0.710. The summed E-state index contributed by atoms with van der Waals surface area (Å²) in [6.07, 6.45) is 11.2. The molecule has 8 atom stereocenters. The summed E-state index contributed by atoms with van der Waals surface area (Å²) in [5.41, 5.74) is 3.20. The zero-order valence-electron chi connectivity index (χ0n) is 20.9. The first-order valence-electron chi connectivity index (χ1n) is 13.2. The summed E-state index contributed by atoms with van der Waals surface area (Å²) < 4.78 is 0. The third kappa shape index (κ3) is 6.67. The van der Waals surface area contributed by atoms with E-state index in [1.54, 1.807) is 11.1 Å². The molecule has 0 radical (unpaired) electrons. The Labute approximate surface area is 202 Å². The van der Waals surface area contributed by atoms with Crippen LogP contribution in [0.5, 0.6) is 0 Å². The van der Waals surface area contributed by atoms with E-state index >= 15 is 0 Å². The third-order valence-corrected chi connectivity index (χ3v) is 10.9. The summed E-state index contributed by atoms with van der Waals surface area (Å²) >= 11 is 0. The van der Waals surface area contributed by atoms with Gasteiger partial charge in [-0.1, -0.05) is 101 Å². The predicted molar refractivity (Wildman–Crippen MR) is 150 cm³/mol. The molecule has 0 spiro atoms. The van der Waals surface area contributed by atoms with Gasteiger partial charge in [-0.25, -0.2) is 0 Å². The van der Waals surface area contributed by atoms with Crippen molar-refractivity contribution in [1.82, 2.24) is 0 Å². The summed E-state index contributed by atoms with van der Waals surface area (Å²) in [5.74, 6) is 4.50. The van der Waals surface area contributed by atoms with Crippen LogP contribution in [0.4, 0.5) is 0 Å². The molecule has 0 saturated heterocycles. The molecule has 6 unspecified atom stereocenters. The van der Waals surface area contributed by atoms with Crippen LogP contribution in [0.25, 0.3) is 0 Å². The Balaban J connectivity index is 1.95. The minimum absolute atomic E-state index is 0.710. The lowest BCUT2D eigenvalue weighted by molar-refractivity contribution is 0.0967. The number of hydrogen-bond acceptors (Lipinski definition) is 0. The van der Waals surface area contributed by atoms with Gasteiger partial charge in [-0.3, -0.25) is 0 Å². The zero-order valence-corrected chi connectivity index (χ0v) is 22.9. The first-order valence-corrected chi connectivity index (χ1v) is 16.0. The Bertz CT molecular complexity index is 678. The van der Waals surface area contributed by atoms with Gasteiger partial charge in [0.25, 0.3) is 0 Å². The van der Waals surface area contributed by atoms with Crippen LogP contribution in [0, 0.1) is 23.7 Å². The van der Waals surface area contributed by atoms with Gasteiger partial charge in [0.05, 0.1) is 0 Å². The third-order valence-electron chi connectivity index (χ3n) is 7.98. The number of hydrogen-bond donors (Lipinski definition) is 0. The molecule has 0 N–H and O–H groups in total. The van der Waals surface area contributed by atoms with Crippen LogP contribution in [-0.4, -0.2) is 24.6 Å². The van der Waals surface area contributed by atoms with Crippen molar-refractivity contribution >= 4 is 17.2 Å². The van der Waals surface area contributed by atoms with Crippen LogP contribution in [0.15, 0.2) is 60.7 Å². The van der Waals surface area contributed by atoms with Crippen molar-refractivity contribution in [3.05, 3.63) is 71.8 Å². The Morgan fingerprint density at radius 2 is 0.969 bits per heavy atom. The van der Waals surface area contributed by atoms with Crippen LogP contribution in [0.3, 0.4) is 0 Å². The molecule has 1 fully saturated rings. The second-order valence-corrected chi connectivity index (χ2v) is 12.9. The molecule has 2 aromatic carbocycles. The second-order valence-electron chi connectivity index (χ2n) is 10.0. The molecule has 0 aromatic heterocycles. The SMILES string of the molecule is CCCCPC[C@@H]1C(c2ccccc2)C(C)C(C)C(c2ccccc2)[C@@H]1CPCCCC. The predicted octanol–water partition coefficient (Wildman–Crippen LogP) is 9.03. The van der Waals surface area contributed by atoms with E-state index < -0.39 is 0 Å². The van der Waals surface area contributed by atoms with Crippen molar-refractivity contribution < 1.29 is 0 Å². The Kier molecular flexibility index (Phi) is 11.2. The quantitative estimate of drug-likeness (QED) is 0.215. The molecule has 1 aliphatic rings. The highest BCUT2D eigenvalue weighted by Gasteiger charge is 2.47. The van der Waals surface area contributed by atoms with E-state index in [0.717, 1.165) is 40.8 Å². The zero-order chi connectivity index (χ0) is 22.8. The molecule has 3 rings (SSSR count). The average molecular weight is 469 g/mol.